The topological polar surface area (TPSA) is 55.1 Å². The lowest BCUT2D eigenvalue weighted by Gasteiger charge is -2.05. The molecule has 1 N–H and O–H groups in total. The Kier molecular flexibility index (Phi) is 5.66. The molecule has 0 radical (unpaired) electrons. The van der Waals surface area contributed by atoms with Gasteiger partial charge in [-0.3, -0.25) is 4.79 Å². The highest BCUT2D eigenvalue weighted by Gasteiger charge is 2.09. The molecule has 2 aromatic carbocycles. The maximum absolute atomic E-state index is 12.1. The summed E-state index contributed by atoms with van der Waals surface area (Å²) in [5.74, 6) is 1.21. The lowest BCUT2D eigenvalue weighted by Crippen LogP contribution is -2.12. The summed E-state index contributed by atoms with van der Waals surface area (Å²) in [4.78, 5) is 16.3. The fourth-order valence-corrected chi connectivity index (χ4v) is 2.87. The molecule has 0 aliphatic heterocycles. The summed E-state index contributed by atoms with van der Waals surface area (Å²) in [5, 5.41) is 2.89. The number of aryl methyl sites for hydroxylation is 2. The highest BCUT2D eigenvalue weighted by Crippen LogP contribution is 2.24. The number of nitrogens with zero attached hydrogens (tertiary/aromatic N) is 1. The van der Waals surface area contributed by atoms with Gasteiger partial charge in [-0.1, -0.05) is 47.1 Å². The van der Waals surface area contributed by atoms with Crippen LogP contribution in [0.3, 0.4) is 0 Å². The third-order valence-electron chi connectivity index (χ3n) is 3.87. The summed E-state index contributed by atoms with van der Waals surface area (Å²) in [6.45, 7) is 2.10. The average molecular weight is 399 g/mol. The zero-order valence-electron chi connectivity index (χ0n) is 14.0. The van der Waals surface area contributed by atoms with Crippen molar-refractivity contribution < 1.29 is 9.21 Å². The van der Waals surface area contributed by atoms with Crippen molar-refractivity contribution in [1.82, 2.24) is 4.98 Å². The highest BCUT2D eigenvalue weighted by atomic mass is 79.9. The summed E-state index contributed by atoms with van der Waals surface area (Å²) in [7, 11) is 0. The van der Waals surface area contributed by atoms with Crippen molar-refractivity contribution in [2.75, 3.05) is 5.32 Å². The zero-order chi connectivity index (χ0) is 17.6. The molecule has 3 rings (SSSR count). The van der Waals surface area contributed by atoms with Crippen LogP contribution in [0.2, 0.25) is 0 Å². The minimum Gasteiger partial charge on any atom is -0.441 e. The first kappa shape index (κ1) is 17.4. The lowest BCUT2D eigenvalue weighted by molar-refractivity contribution is -0.116. The molecule has 0 bridgehead atoms. The van der Waals surface area contributed by atoms with Gasteiger partial charge in [0.25, 0.3) is 0 Å². The van der Waals surface area contributed by atoms with Crippen LogP contribution in [0.1, 0.15) is 24.8 Å². The summed E-state index contributed by atoms with van der Waals surface area (Å²) in [5.41, 5.74) is 3.01. The van der Waals surface area contributed by atoms with Crippen molar-refractivity contribution in [2.45, 2.75) is 26.2 Å². The number of carbonyl (C=O) groups is 1. The lowest BCUT2D eigenvalue weighted by atomic mass is 10.1. The number of oxazole rings is 1. The molecule has 1 heterocycles. The minimum atomic E-state index is -0.0496. The summed E-state index contributed by atoms with van der Waals surface area (Å²) in [6.07, 6.45) is 3.47. The molecule has 5 heteroatoms. The standard InChI is InChI=1S/C20H19BrN2O2/c1-2-14-6-8-17(9-7-14)23-19(24)10-11-20-22-13-18(25-20)15-4-3-5-16(21)12-15/h3-9,12-13H,2,10-11H2,1H3,(H,23,24). The van der Waals surface area contributed by atoms with Crippen LogP contribution in [0.25, 0.3) is 11.3 Å². The monoisotopic (exact) mass is 398 g/mol. The Morgan fingerprint density at radius 3 is 2.72 bits per heavy atom. The largest absolute Gasteiger partial charge is 0.441 e. The Morgan fingerprint density at radius 1 is 1.20 bits per heavy atom. The number of halogens is 1. The van der Waals surface area contributed by atoms with Gasteiger partial charge in [-0.2, -0.15) is 0 Å². The molecule has 0 spiro atoms. The second kappa shape index (κ2) is 8.12. The molecule has 128 valence electrons. The Morgan fingerprint density at radius 2 is 2.00 bits per heavy atom. The number of aromatic nitrogens is 1. The van der Waals surface area contributed by atoms with Gasteiger partial charge in [0.15, 0.2) is 11.7 Å². The van der Waals surface area contributed by atoms with Crippen molar-refractivity contribution in [3.05, 3.63) is 70.7 Å². The van der Waals surface area contributed by atoms with Gasteiger partial charge < -0.3 is 9.73 Å². The van der Waals surface area contributed by atoms with Gasteiger partial charge in [0.1, 0.15) is 0 Å². The van der Waals surface area contributed by atoms with Crippen LogP contribution in [-0.2, 0) is 17.6 Å². The quantitative estimate of drug-likeness (QED) is 0.617. The second-order valence-electron chi connectivity index (χ2n) is 5.73. The maximum Gasteiger partial charge on any atom is 0.224 e. The van der Waals surface area contributed by atoms with Crippen molar-refractivity contribution in [3.8, 4) is 11.3 Å². The molecule has 25 heavy (non-hydrogen) atoms. The first-order valence-corrected chi connectivity index (χ1v) is 9.03. The van der Waals surface area contributed by atoms with E-state index in [1.807, 2.05) is 48.5 Å². The Hall–Kier alpha value is -2.40. The molecule has 0 aliphatic rings. The Labute approximate surface area is 155 Å². The van der Waals surface area contributed by atoms with E-state index in [0.29, 0.717) is 24.5 Å². The Balaban J connectivity index is 1.55. The van der Waals surface area contributed by atoms with Crippen LogP contribution in [0, 0.1) is 0 Å². The third kappa shape index (κ3) is 4.79. The van der Waals surface area contributed by atoms with Crippen LogP contribution in [-0.4, -0.2) is 10.9 Å². The van der Waals surface area contributed by atoms with Gasteiger partial charge in [-0.05, 0) is 36.2 Å². The highest BCUT2D eigenvalue weighted by molar-refractivity contribution is 9.10. The molecule has 0 fully saturated rings. The van der Waals surface area contributed by atoms with Crippen LogP contribution < -0.4 is 5.32 Å². The van der Waals surface area contributed by atoms with Crippen LogP contribution >= 0.6 is 15.9 Å². The SMILES string of the molecule is CCc1ccc(NC(=O)CCc2ncc(-c3cccc(Br)c3)o2)cc1. The van der Waals surface area contributed by atoms with E-state index < -0.39 is 0 Å². The van der Waals surface area contributed by atoms with E-state index in [1.165, 1.54) is 5.56 Å². The van der Waals surface area contributed by atoms with Crippen LogP contribution in [0.15, 0.2) is 63.6 Å². The smallest absolute Gasteiger partial charge is 0.224 e. The van der Waals surface area contributed by atoms with Crippen molar-refractivity contribution in [3.63, 3.8) is 0 Å². The van der Waals surface area contributed by atoms with Gasteiger partial charge in [0.05, 0.1) is 6.20 Å². The number of hydrogen-bond donors (Lipinski definition) is 1. The molecular formula is C20H19BrN2O2. The van der Waals surface area contributed by atoms with Crippen molar-refractivity contribution in [2.24, 2.45) is 0 Å². The van der Waals surface area contributed by atoms with Gasteiger partial charge >= 0.3 is 0 Å². The molecule has 3 aromatic rings. The normalized spacial score (nSPS) is 10.6. The maximum atomic E-state index is 12.1. The first-order chi connectivity index (χ1) is 12.1. The van der Waals surface area contributed by atoms with Crippen molar-refractivity contribution >= 4 is 27.5 Å². The molecule has 0 saturated heterocycles. The number of carbonyl (C=O) groups excluding carboxylic acids is 1. The fraction of sp³-hybridized carbons (Fsp3) is 0.200. The number of rotatable bonds is 6. The first-order valence-electron chi connectivity index (χ1n) is 8.23. The molecule has 4 nitrogen and oxygen atoms in total. The van der Waals surface area contributed by atoms with E-state index in [4.69, 9.17) is 4.42 Å². The minimum absolute atomic E-state index is 0.0496. The number of amides is 1. The van der Waals surface area contributed by atoms with E-state index in [9.17, 15) is 4.79 Å². The van der Waals surface area contributed by atoms with Gasteiger partial charge in [0.2, 0.25) is 5.91 Å². The van der Waals surface area contributed by atoms with Crippen molar-refractivity contribution in [1.29, 1.82) is 0 Å². The zero-order valence-corrected chi connectivity index (χ0v) is 15.5. The van der Waals surface area contributed by atoms with E-state index in [1.54, 1.807) is 6.20 Å². The summed E-state index contributed by atoms with van der Waals surface area (Å²) < 4.78 is 6.73. The van der Waals surface area contributed by atoms with Gasteiger partial charge in [-0.25, -0.2) is 4.98 Å². The predicted octanol–water partition coefficient (Wildman–Crippen LogP) is 5.24. The van der Waals surface area contributed by atoms with Gasteiger partial charge in [0, 0.05) is 28.6 Å². The molecule has 0 saturated carbocycles. The number of nitrogens with one attached hydrogen (secondary N) is 1. The van der Waals surface area contributed by atoms with E-state index >= 15 is 0 Å². The molecule has 1 aromatic heterocycles. The van der Waals surface area contributed by atoms with E-state index in [0.717, 1.165) is 22.1 Å². The predicted molar refractivity (Wildman–Crippen MR) is 102 cm³/mol. The molecular weight excluding hydrogens is 380 g/mol. The average Bonchev–Trinajstić information content (AvgIpc) is 3.10. The van der Waals surface area contributed by atoms with E-state index in [2.05, 4.69) is 33.2 Å². The number of hydrogen-bond acceptors (Lipinski definition) is 3. The van der Waals surface area contributed by atoms with E-state index in [-0.39, 0.29) is 5.91 Å². The fourth-order valence-electron chi connectivity index (χ4n) is 2.47. The number of benzene rings is 2. The van der Waals surface area contributed by atoms with Gasteiger partial charge in [-0.15, -0.1) is 0 Å². The molecule has 0 unspecified atom stereocenters. The molecule has 1 amide bonds. The second-order valence-corrected chi connectivity index (χ2v) is 6.64. The number of anilines is 1. The summed E-state index contributed by atoms with van der Waals surface area (Å²) >= 11 is 3.44. The summed E-state index contributed by atoms with van der Waals surface area (Å²) in [6, 6.07) is 15.7. The Bertz CT molecular complexity index is 856. The van der Waals surface area contributed by atoms with Crippen LogP contribution in [0.5, 0.6) is 0 Å². The molecule has 0 aliphatic carbocycles. The van der Waals surface area contributed by atoms with Crippen LogP contribution in [0.4, 0.5) is 5.69 Å². The molecule has 0 atom stereocenters. The third-order valence-corrected chi connectivity index (χ3v) is 4.37.